The summed E-state index contributed by atoms with van der Waals surface area (Å²) < 4.78 is 0. The normalized spacial score (nSPS) is 16.1. The molecule has 19 N–H and O–H groups in total. The number of aliphatic carboxylic acids is 2. The number of nitrogens with two attached hydrogens (primary N) is 3. The number of carboxylic acid groups (broad SMARTS) is 2. The summed E-state index contributed by atoms with van der Waals surface area (Å²) in [4.78, 5) is 172. The van der Waals surface area contributed by atoms with Crippen LogP contribution in [0.5, 0.6) is 5.75 Å². The van der Waals surface area contributed by atoms with Gasteiger partial charge in [0, 0.05) is 63.6 Å². The van der Waals surface area contributed by atoms with Crippen molar-refractivity contribution in [1.29, 1.82) is 0 Å². The van der Waals surface area contributed by atoms with Crippen LogP contribution in [0, 0.1) is 17.8 Å². The quantitative estimate of drug-likeness (QED) is 0.0141. The predicted molar refractivity (Wildman–Crippen MR) is 338 cm³/mol. The number of nitrogens with one attached hydrogen (secondary N) is 10. The average Bonchev–Trinajstić information content (AvgIpc) is 1.81. The maximum Gasteiger partial charge on any atom is 0.326 e. The molecular weight excluding hydrogens is 1210 g/mol. The van der Waals surface area contributed by atoms with Crippen LogP contribution in [0.4, 0.5) is 0 Å². The molecule has 93 heavy (non-hydrogen) atoms. The minimum absolute atomic E-state index is 0.0421. The number of carbonyl (C=O) groups is 11. The first-order chi connectivity index (χ1) is 44.1. The van der Waals surface area contributed by atoms with Gasteiger partial charge in [0.1, 0.15) is 71.8 Å². The minimum Gasteiger partial charge on any atom is -0.508 e. The number of aliphatic imine (C=N–C) groups is 1. The van der Waals surface area contributed by atoms with Crippen LogP contribution in [0.2, 0.25) is 0 Å². The SMILES string of the molecule is CC[C@H](C)[C@H](NC(=O)[C@H](Cc1ccc(O)cc1)NC(=O)[C@@H](NC(=O)[C@H](CCCN=C(N)N)NC(=O)[C@@H](N)CC(=O)O)C(C)C)C(=O)N[C@@H](Cc1ncc[nH]1)C(=O)N1CCC[C@H]1C(=O)N[C@@H](Cc1ccccc1)C(=O)N[C@@H](Cc1ncc[nH]1)C(=O)N[C@@H](CC(C)C)C(=O)O. The number of carbonyl (C=O) groups excluding carboxylic acids is 9. The zero-order valence-electron chi connectivity index (χ0n) is 53.1. The highest BCUT2D eigenvalue weighted by Crippen LogP contribution is 2.22. The number of hydrogen-bond acceptors (Lipinski definition) is 16. The Morgan fingerprint density at radius 1 is 0.624 bits per heavy atom. The number of amides is 9. The number of carboxylic acids is 2. The van der Waals surface area contributed by atoms with Gasteiger partial charge in [0.25, 0.3) is 0 Å². The van der Waals surface area contributed by atoms with Crippen LogP contribution in [0.3, 0.4) is 0 Å². The fourth-order valence-electron chi connectivity index (χ4n) is 10.4. The number of H-pyrrole nitrogens is 2. The largest absolute Gasteiger partial charge is 0.508 e. The third-order valence-electron chi connectivity index (χ3n) is 15.6. The molecule has 2 aromatic carbocycles. The fraction of sp³-hybridized carbons (Fsp3) is 0.516. The summed E-state index contributed by atoms with van der Waals surface area (Å²) in [5.41, 5.74) is 17.8. The molecule has 0 spiro atoms. The van der Waals surface area contributed by atoms with E-state index in [9.17, 15) is 63.3 Å². The van der Waals surface area contributed by atoms with E-state index in [1.807, 2.05) is 0 Å². The molecule has 0 unspecified atom stereocenters. The van der Waals surface area contributed by atoms with Gasteiger partial charge >= 0.3 is 11.9 Å². The number of phenols is 1. The van der Waals surface area contributed by atoms with E-state index in [0.29, 0.717) is 29.8 Å². The smallest absolute Gasteiger partial charge is 0.326 e. The van der Waals surface area contributed by atoms with Crippen molar-refractivity contribution in [2.24, 2.45) is 39.9 Å². The van der Waals surface area contributed by atoms with Gasteiger partial charge < -0.3 is 89.9 Å². The first kappa shape index (κ1) is 73.8. The molecule has 1 fully saturated rings. The Hall–Kier alpha value is -9.94. The molecule has 0 radical (unpaired) electrons. The summed E-state index contributed by atoms with van der Waals surface area (Å²) in [6, 6.07) is 0.722. The molecule has 0 saturated carbocycles. The second kappa shape index (κ2) is 36.2. The van der Waals surface area contributed by atoms with Gasteiger partial charge in [-0.25, -0.2) is 14.8 Å². The molecule has 4 aromatic rings. The lowest BCUT2D eigenvalue weighted by molar-refractivity contribution is -0.143. The van der Waals surface area contributed by atoms with E-state index in [1.54, 1.807) is 71.9 Å². The highest BCUT2D eigenvalue weighted by Gasteiger charge is 2.42. The van der Waals surface area contributed by atoms with Crippen LogP contribution in [-0.4, -0.2) is 185 Å². The van der Waals surface area contributed by atoms with Gasteiger partial charge in [0.05, 0.1) is 12.5 Å². The van der Waals surface area contributed by atoms with E-state index in [-0.39, 0.29) is 87.9 Å². The molecule has 3 heterocycles. The van der Waals surface area contributed by atoms with E-state index in [4.69, 9.17) is 17.2 Å². The number of likely N-dealkylation sites (tertiary alicyclic amines) is 1. The molecule has 506 valence electrons. The van der Waals surface area contributed by atoms with Gasteiger partial charge in [-0.05, 0) is 73.1 Å². The van der Waals surface area contributed by atoms with Gasteiger partial charge in [-0.2, -0.15) is 0 Å². The van der Waals surface area contributed by atoms with Crippen LogP contribution in [0.1, 0.15) is 109 Å². The van der Waals surface area contributed by atoms with Gasteiger partial charge in [0.2, 0.25) is 53.2 Å². The number of rotatable bonds is 37. The molecule has 11 atom stereocenters. The summed E-state index contributed by atoms with van der Waals surface area (Å²) in [6.45, 7) is 10.3. The number of nitrogens with zero attached hydrogens (tertiary/aromatic N) is 4. The molecule has 9 amide bonds. The second-order valence-electron chi connectivity index (χ2n) is 23.8. The van der Waals surface area contributed by atoms with E-state index in [0.717, 1.165) is 0 Å². The zero-order valence-corrected chi connectivity index (χ0v) is 53.1. The van der Waals surface area contributed by atoms with Gasteiger partial charge in [-0.15, -0.1) is 0 Å². The van der Waals surface area contributed by atoms with Crippen molar-refractivity contribution < 1.29 is 68.1 Å². The lowest BCUT2D eigenvalue weighted by atomic mass is 9.96. The molecule has 1 aliphatic heterocycles. The summed E-state index contributed by atoms with van der Waals surface area (Å²) in [7, 11) is 0. The topological polar surface area (TPSA) is 496 Å². The molecule has 0 aliphatic carbocycles. The predicted octanol–water partition coefficient (Wildman–Crippen LogP) is -1.33. The molecule has 31 nitrogen and oxygen atoms in total. The lowest BCUT2D eigenvalue weighted by Crippen LogP contribution is -2.62. The van der Waals surface area contributed by atoms with Crippen LogP contribution in [0.25, 0.3) is 0 Å². The number of hydrogen-bond donors (Lipinski definition) is 16. The molecular formula is C62H89N17O14. The van der Waals surface area contributed by atoms with Crippen LogP contribution >= 0.6 is 0 Å². The Balaban J connectivity index is 1.40. The van der Waals surface area contributed by atoms with Crippen molar-refractivity contribution >= 4 is 71.1 Å². The summed E-state index contributed by atoms with van der Waals surface area (Å²) >= 11 is 0. The number of imidazole rings is 2. The van der Waals surface area contributed by atoms with Crippen LogP contribution < -0.4 is 59.7 Å². The fourth-order valence-corrected chi connectivity index (χ4v) is 10.4. The second-order valence-corrected chi connectivity index (χ2v) is 23.8. The molecule has 1 saturated heterocycles. The Bertz CT molecular complexity index is 3180. The maximum atomic E-state index is 15.1. The number of guanidine groups is 1. The van der Waals surface area contributed by atoms with Crippen LogP contribution in [-0.2, 0) is 78.4 Å². The highest BCUT2D eigenvalue weighted by molar-refractivity contribution is 5.99. The van der Waals surface area contributed by atoms with Gasteiger partial charge in [-0.1, -0.05) is 90.4 Å². The van der Waals surface area contributed by atoms with Gasteiger partial charge in [-0.3, -0.25) is 52.9 Å². The van der Waals surface area contributed by atoms with Gasteiger partial charge in [0.15, 0.2) is 5.96 Å². The molecule has 1 aliphatic rings. The monoisotopic (exact) mass is 1300 g/mol. The van der Waals surface area contributed by atoms with Crippen molar-refractivity contribution in [2.45, 2.75) is 173 Å². The maximum absolute atomic E-state index is 15.1. The summed E-state index contributed by atoms with van der Waals surface area (Å²) in [6.07, 6.45) is 5.41. The number of benzene rings is 2. The molecule has 5 rings (SSSR count). The summed E-state index contributed by atoms with van der Waals surface area (Å²) in [5.74, 6) is -11.2. The standard InChI is InChI=1S/C62H89N17O14/c1-7-35(6)51(78-56(87)42(29-37-17-19-38(80)20-18-37)74-58(89)50(34(4)5)77-53(84)40(15-11-21-70-62(64)65)71-52(83)39(63)30-49(81)82)59(90)75-44(32-48-68-24-25-69-48)60(91)79-26-12-16-46(79)57(88)73-41(28-36-13-9-8-10-14-36)54(85)72-43(31-47-66-22-23-67-47)55(86)76-45(61(92)93)27-33(2)3/h8-10,13-14,17-20,22-25,33-35,39-46,50-51,80H,7,11-12,15-16,21,26-32,63H2,1-6H3,(H,66,67)(H,68,69)(H,71,83)(H,72,85)(H,73,88)(H,74,89)(H,75,90)(H,76,86)(H,77,84)(H,78,87)(H,81,82)(H,92,93)(H4,64,65,70)/t35-,39-,40-,41-,42-,43-,44-,45-,46-,50-,51-/m0/s1. The van der Waals surface area contributed by atoms with E-state index >= 15 is 4.79 Å². The minimum atomic E-state index is -1.53. The first-order valence-electron chi connectivity index (χ1n) is 30.9. The number of aromatic amines is 2. The summed E-state index contributed by atoms with van der Waals surface area (Å²) in [5, 5.41) is 50.7. The molecule has 2 aromatic heterocycles. The van der Waals surface area contributed by atoms with Crippen molar-refractivity contribution in [2.75, 3.05) is 13.1 Å². The van der Waals surface area contributed by atoms with Crippen molar-refractivity contribution in [3.8, 4) is 5.75 Å². The third-order valence-corrected chi connectivity index (χ3v) is 15.6. The Kier molecular flexibility index (Phi) is 28.7. The molecule has 31 heteroatoms. The number of phenolic OH excluding ortho intramolecular Hbond substituents is 1. The van der Waals surface area contributed by atoms with Crippen LogP contribution in [0.15, 0.2) is 84.4 Å². The highest BCUT2D eigenvalue weighted by atomic mass is 16.4. The van der Waals surface area contributed by atoms with Crippen molar-refractivity contribution in [1.82, 2.24) is 67.4 Å². The van der Waals surface area contributed by atoms with E-state index < -0.39 is 144 Å². The van der Waals surface area contributed by atoms with E-state index in [2.05, 4.69) is 67.5 Å². The Morgan fingerprint density at radius 2 is 1.13 bits per heavy atom. The molecule has 0 bridgehead atoms. The first-order valence-corrected chi connectivity index (χ1v) is 30.9. The number of aromatic hydroxyl groups is 1. The average molecular weight is 1300 g/mol. The number of aromatic nitrogens is 4. The van der Waals surface area contributed by atoms with E-state index in [1.165, 1.54) is 54.0 Å². The lowest BCUT2D eigenvalue weighted by Gasteiger charge is -2.32. The van der Waals surface area contributed by atoms with Crippen molar-refractivity contribution in [3.63, 3.8) is 0 Å². The van der Waals surface area contributed by atoms with Crippen molar-refractivity contribution in [3.05, 3.63) is 102 Å². The zero-order chi connectivity index (χ0) is 68.5. The Labute approximate surface area is 538 Å². The Morgan fingerprint density at radius 3 is 1.68 bits per heavy atom. The third kappa shape index (κ3) is 23.7.